The van der Waals surface area contributed by atoms with Crippen molar-refractivity contribution in [3.8, 4) is 11.8 Å². The maximum Gasteiger partial charge on any atom is 0.257 e. The Bertz CT molecular complexity index is 1260. The second-order valence-electron chi connectivity index (χ2n) is 7.42. The lowest BCUT2D eigenvalue weighted by Gasteiger charge is -2.16. The first-order valence-corrected chi connectivity index (χ1v) is 10.3. The van der Waals surface area contributed by atoms with Crippen LogP contribution in [-0.2, 0) is 14.3 Å². The van der Waals surface area contributed by atoms with Crippen LogP contribution < -0.4 is 11.1 Å². The van der Waals surface area contributed by atoms with Gasteiger partial charge < -0.3 is 30.9 Å². The van der Waals surface area contributed by atoms with Gasteiger partial charge in [-0.05, 0) is 12.6 Å². The number of rotatable bonds is 6. The lowest BCUT2D eigenvalue weighted by molar-refractivity contribution is -0.137. The predicted octanol–water partition coefficient (Wildman–Crippen LogP) is -2.13. The minimum atomic E-state index is -1.46. The zero-order valence-corrected chi connectivity index (χ0v) is 19.3. The number of aliphatic hydroxyl groups is 2. The number of amides is 2. The number of aromatic nitrogens is 4. The number of likely N-dealkylation sites (N-methyl/N-ethyl adjacent to an activating group) is 2. The van der Waals surface area contributed by atoms with Crippen molar-refractivity contribution in [3.05, 3.63) is 23.9 Å². The summed E-state index contributed by atoms with van der Waals surface area (Å²) in [6.07, 6.45) is -1.36. The van der Waals surface area contributed by atoms with Crippen molar-refractivity contribution in [2.24, 2.45) is 9.98 Å². The van der Waals surface area contributed by atoms with Gasteiger partial charge in [-0.2, -0.15) is 0 Å². The number of ether oxygens (including phenoxy) is 1. The van der Waals surface area contributed by atoms with E-state index in [-0.39, 0.29) is 40.8 Å². The molecule has 2 aromatic rings. The van der Waals surface area contributed by atoms with Crippen molar-refractivity contribution < 1.29 is 24.5 Å². The Morgan fingerprint density at radius 1 is 1.40 bits per heavy atom. The van der Waals surface area contributed by atoms with Gasteiger partial charge in [0.1, 0.15) is 17.7 Å². The Balaban J connectivity index is 1.86. The number of nitrogen functional groups attached to an aromatic ring is 1. The topological polar surface area (TPSA) is 193 Å². The van der Waals surface area contributed by atoms with Crippen LogP contribution in [0, 0.1) is 11.8 Å². The summed E-state index contributed by atoms with van der Waals surface area (Å²) in [6, 6.07) is 0. The molecule has 1 aliphatic rings. The van der Waals surface area contributed by atoms with Crippen molar-refractivity contribution in [3.63, 3.8) is 0 Å². The number of aliphatic imine (C=N–C) groups is 2. The van der Waals surface area contributed by atoms with Gasteiger partial charge in [0.25, 0.3) is 11.8 Å². The maximum absolute atomic E-state index is 12.5. The average molecular weight is 483 g/mol. The third-order valence-corrected chi connectivity index (χ3v) is 5.07. The van der Waals surface area contributed by atoms with Crippen LogP contribution in [0.15, 0.2) is 28.1 Å². The Hall–Kier alpha value is -4.19. The number of nitrogens with zero attached hydrogens (tertiary/aromatic N) is 7. The molecular weight excluding hydrogens is 458 g/mol. The number of nitrogens with one attached hydrogen (secondary N) is 1. The molecule has 0 spiro atoms. The molecule has 2 aromatic heterocycles. The maximum atomic E-state index is 12.5. The van der Waals surface area contributed by atoms with Crippen LogP contribution in [0.4, 0.5) is 5.82 Å². The SMILES string of the molecule is C=N/C=C(\C=N/C)C(=O)N(C)CC#Cc1nc(N)c2ncn([C@@H]3O[C@H](C(=O)NC)[C@@H](O)[C@H]3O)c2n1. The highest BCUT2D eigenvalue weighted by molar-refractivity contribution is 6.12. The fraction of sp³-hybridized carbons (Fsp3) is 0.381. The summed E-state index contributed by atoms with van der Waals surface area (Å²) < 4.78 is 6.92. The van der Waals surface area contributed by atoms with Crippen molar-refractivity contribution in [1.82, 2.24) is 29.7 Å². The number of anilines is 1. The molecule has 0 saturated carbocycles. The molecule has 14 nitrogen and oxygen atoms in total. The predicted molar refractivity (Wildman–Crippen MR) is 126 cm³/mol. The van der Waals surface area contributed by atoms with Crippen molar-refractivity contribution in [1.29, 1.82) is 0 Å². The van der Waals surface area contributed by atoms with E-state index in [1.54, 1.807) is 7.05 Å². The molecule has 1 saturated heterocycles. The number of hydrogen-bond acceptors (Lipinski definition) is 11. The van der Waals surface area contributed by atoms with Gasteiger partial charge in [0.05, 0.1) is 18.4 Å². The van der Waals surface area contributed by atoms with Crippen LogP contribution in [0.1, 0.15) is 12.1 Å². The van der Waals surface area contributed by atoms with E-state index in [4.69, 9.17) is 10.5 Å². The highest BCUT2D eigenvalue weighted by atomic mass is 16.6. The standard InChI is InChI=1S/C21H25N9O5/c1-23-8-11(9-24-2)20(34)29(4)7-5-6-12-27-17(22)13-18(28-12)30(10-26-13)21-15(32)14(31)16(35-21)19(33)25-3/h8-10,14-16,21,31-32H,1,7H2,2-4H3,(H,25,33)(H2,22,27,28)/b11-8+,24-9-/t14-,15+,16-,21+/m0/s1. The van der Waals surface area contributed by atoms with E-state index in [1.165, 1.54) is 42.3 Å². The number of imidazole rings is 1. The Kier molecular flexibility index (Phi) is 7.87. The van der Waals surface area contributed by atoms with Crippen LogP contribution in [0.25, 0.3) is 11.2 Å². The summed E-state index contributed by atoms with van der Waals surface area (Å²) in [4.78, 5) is 45.8. The molecule has 0 unspecified atom stereocenters. The number of hydrogen-bond donors (Lipinski definition) is 4. The second kappa shape index (κ2) is 10.8. The lowest BCUT2D eigenvalue weighted by Crippen LogP contribution is -2.41. The molecule has 0 aromatic carbocycles. The van der Waals surface area contributed by atoms with E-state index in [2.05, 4.69) is 48.8 Å². The number of aliphatic hydroxyl groups excluding tert-OH is 2. The summed E-state index contributed by atoms with van der Waals surface area (Å²) in [5.41, 5.74) is 6.65. The smallest absolute Gasteiger partial charge is 0.257 e. The van der Waals surface area contributed by atoms with E-state index in [9.17, 15) is 19.8 Å². The molecule has 184 valence electrons. The number of nitrogens with two attached hydrogens (primary N) is 1. The molecule has 3 heterocycles. The molecule has 1 aliphatic heterocycles. The summed E-state index contributed by atoms with van der Waals surface area (Å²) in [5.74, 6) is 4.65. The molecule has 14 heteroatoms. The molecule has 0 bridgehead atoms. The van der Waals surface area contributed by atoms with Gasteiger partial charge in [-0.15, -0.1) is 0 Å². The van der Waals surface area contributed by atoms with Crippen molar-refractivity contribution in [2.45, 2.75) is 24.5 Å². The molecular formula is C21H25N9O5. The van der Waals surface area contributed by atoms with Crippen molar-refractivity contribution in [2.75, 3.05) is 33.4 Å². The van der Waals surface area contributed by atoms with E-state index < -0.39 is 30.4 Å². The highest BCUT2D eigenvalue weighted by Gasteiger charge is 2.47. The van der Waals surface area contributed by atoms with Crippen LogP contribution >= 0.6 is 0 Å². The first kappa shape index (κ1) is 25.4. The monoisotopic (exact) mass is 483 g/mol. The van der Waals surface area contributed by atoms with Crippen LogP contribution in [0.3, 0.4) is 0 Å². The Labute approximate surface area is 200 Å². The average Bonchev–Trinajstić information content (AvgIpc) is 3.39. The minimum absolute atomic E-state index is 0.0276. The van der Waals surface area contributed by atoms with E-state index in [1.807, 2.05) is 0 Å². The number of fused-ring (bicyclic) bond motifs is 1. The van der Waals surface area contributed by atoms with E-state index >= 15 is 0 Å². The molecule has 0 aliphatic carbocycles. The third-order valence-electron chi connectivity index (χ3n) is 5.07. The van der Waals surface area contributed by atoms with E-state index in [0.29, 0.717) is 0 Å². The first-order valence-electron chi connectivity index (χ1n) is 10.3. The largest absolute Gasteiger partial charge is 0.387 e. The zero-order valence-electron chi connectivity index (χ0n) is 19.3. The third kappa shape index (κ3) is 5.17. The molecule has 5 N–H and O–H groups in total. The summed E-state index contributed by atoms with van der Waals surface area (Å²) >= 11 is 0. The number of carbonyl (C=O) groups excluding carboxylic acids is 2. The van der Waals surface area contributed by atoms with Crippen LogP contribution in [-0.4, -0.2) is 105 Å². The highest BCUT2D eigenvalue weighted by Crippen LogP contribution is 2.32. The molecule has 2 amide bonds. The lowest BCUT2D eigenvalue weighted by atomic mass is 10.1. The van der Waals surface area contributed by atoms with Crippen LogP contribution in [0.2, 0.25) is 0 Å². The van der Waals surface area contributed by atoms with Gasteiger partial charge in [-0.25, -0.2) is 15.0 Å². The van der Waals surface area contributed by atoms with Gasteiger partial charge in [-0.3, -0.25) is 24.1 Å². The fourth-order valence-corrected chi connectivity index (χ4v) is 3.34. The van der Waals surface area contributed by atoms with Gasteiger partial charge in [0, 0.05) is 33.6 Å². The second-order valence-corrected chi connectivity index (χ2v) is 7.42. The Morgan fingerprint density at radius 2 is 2.14 bits per heavy atom. The normalized spacial score (nSPS) is 22.1. The molecule has 35 heavy (non-hydrogen) atoms. The first-order chi connectivity index (χ1) is 16.7. The van der Waals surface area contributed by atoms with Gasteiger partial charge >= 0.3 is 0 Å². The molecule has 4 atom stereocenters. The fourth-order valence-electron chi connectivity index (χ4n) is 3.34. The van der Waals surface area contributed by atoms with Crippen molar-refractivity contribution >= 4 is 41.7 Å². The minimum Gasteiger partial charge on any atom is -0.387 e. The summed E-state index contributed by atoms with van der Waals surface area (Å²) in [6.45, 7) is 3.37. The quantitative estimate of drug-likeness (QED) is 0.202. The van der Waals surface area contributed by atoms with Gasteiger partial charge in [0.2, 0.25) is 5.82 Å². The van der Waals surface area contributed by atoms with Gasteiger partial charge in [-0.1, -0.05) is 5.92 Å². The molecule has 3 rings (SSSR count). The Morgan fingerprint density at radius 3 is 2.80 bits per heavy atom. The van der Waals surface area contributed by atoms with Gasteiger partial charge in [0.15, 0.2) is 23.8 Å². The number of carbonyl (C=O) groups is 2. The van der Waals surface area contributed by atoms with Crippen LogP contribution in [0.5, 0.6) is 0 Å². The molecule has 1 fully saturated rings. The zero-order chi connectivity index (χ0) is 25.7. The van der Waals surface area contributed by atoms with E-state index in [0.717, 1.165) is 0 Å². The summed E-state index contributed by atoms with van der Waals surface area (Å²) in [5, 5.41) is 23.0. The molecule has 0 radical (unpaired) electrons. The summed E-state index contributed by atoms with van der Waals surface area (Å²) in [7, 11) is 4.47.